The van der Waals surface area contributed by atoms with Crippen molar-refractivity contribution in [1.82, 2.24) is 14.6 Å². The molecule has 2 rings (SSSR count). The summed E-state index contributed by atoms with van der Waals surface area (Å²) in [4.78, 5) is 5.10. The molecule has 58 valence electrons. The minimum Gasteiger partial charge on any atom is -0.396 e. The van der Waals surface area contributed by atoms with Gasteiger partial charge in [-0.25, -0.2) is 9.50 Å². The molecule has 0 unspecified atom stereocenters. The van der Waals surface area contributed by atoms with Crippen LogP contribution >= 0.6 is 11.3 Å². The van der Waals surface area contributed by atoms with Crippen molar-refractivity contribution in [1.29, 1.82) is 0 Å². The zero-order valence-corrected chi connectivity index (χ0v) is 6.58. The number of nitrogens with zero attached hydrogens (tertiary/aromatic N) is 3. The summed E-state index contributed by atoms with van der Waals surface area (Å²) in [6, 6.07) is 0. The first-order valence-corrected chi connectivity index (χ1v) is 4.17. The van der Waals surface area contributed by atoms with Crippen LogP contribution in [-0.4, -0.2) is 26.3 Å². The Balaban J connectivity index is 2.42. The number of rotatable bonds is 2. The lowest BCUT2D eigenvalue weighted by atomic mass is 10.4. The van der Waals surface area contributed by atoms with Crippen molar-refractivity contribution in [3.05, 3.63) is 17.4 Å². The summed E-state index contributed by atoms with van der Waals surface area (Å²) in [5, 5.41) is 12.6. The van der Waals surface area contributed by atoms with Crippen molar-refractivity contribution in [2.45, 2.75) is 6.42 Å². The number of hydrogen-bond acceptors (Lipinski definition) is 4. The molecule has 0 atom stereocenters. The SMILES string of the molecule is OCCc1cn2ncsc2n1. The summed E-state index contributed by atoms with van der Waals surface area (Å²) in [6.07, 6.45) is 2.44. The van der Waals surface area contributed by atoms with E-state index < -0.39 is 0 Å². The van der Waals surface area contributed by atoms with Gasteiger partial charge in [0.25, 0.3) is 0 Å². The first-order valence-electron chi connectivity index (χ1n) is 3.29. The highest BCUT2D eigenvalue weighted by atomic mass is 32.1. The maximum atomic E-state index is 8.62. The summed E-state index contributed by atoms with van der Waals surface area (Å²) in [5.74, 6) is 0. The fourth-order valence-corrected chi connectivity index (χ4v) is 1.54. The van der Waals surface area contributed by atoms with Crippen LogP contribution in [-0.2, 0) is 6.42 Å². The lowest BCUT2D eigenvalue weighted by molar-refractivity contribution is 0.298. The fourth-order valence-electron chi connectivity index (χ4n) is 0.919. The second kappa shape index (κ2) is 2.60. The molecular weight excluding hydrogens is 162 g/mol. The third kappa shape index (κ3) is 1.12. The van der Waals surface area contributed by atoms with Crippen LogP contribution in [0.3, 0.4) is 0 Å². The van der Waals surface area contributed by atoms with E-state index in [-0.39, 0.29) is 6.61 Å². The standard InChI is InChI=1S/C6H7N3OS/c10-2-1-5-3-9-6(8-5)11-4-7-9/h3-4,10H,1-2H2. The third-order valence-corrected chi connectivity index (χ3v) is 2.09. The molecule has 0 aromatic carbocycles. The molecule has 0 spiro atoms. The molecule has 0 fully saturated rings. The first kappa shape index (κ1) is 6.75. The number of hydrogen-bond donors (Lipinski definition) is 1. The Bertz CT molecular complexity index is 325. The van der Waals surface area contributed by atoms with E-state index in [2.05, 4.69) is 10.1 Å². The van der Waals surface area contributed by atoms with Gasteiger partial charge < -0.3 is 5.11 Å². The van der Waals surface area contributed by atoms with Crippen LogP contribution in [0.25, 0.3) is 4.96 Å². The monoisotopic (exact) mass is 169 g/mol. The summed E-state index contributed by atoms with van der Waals surface area (Å²) >= 11 is 1.49. The molecule has 4 nitrogen and oxygen atoms in total. The Morgan fingerprint density at radius 2 is 2.55 bits per heavy atom. The van der Waals surface area contributed by atoms with E-state index in [9.17, 15) is 0 Å². The van der Waals surface area contributed by atoms with E-state index in [0.29, 0.717) is 6.42 Å². The lowest BCUT2D eigenvalue weighted by Gasteiger charge is -1.85. The zero-order valence-electron chi connectivity index (χ0n) is 5.77. The molecule has 0 aliphatic carbocycles. The van der Waals surface area contributed by atoms with Crippen LogP contribution in [0.1, 0.15) is 5.69 Å². The van der Waals surface area contributed by atoms with Gasteiger partial charge in [0, 0.05) is 13.0 Å². The van der Waals surface area contributed by atoms with Gasteiger partial charge in [-0.1, -0.05) is 11.3 Å². The maximum Gasteiger partial charge on any atom is 0.212 e. The quantitative estimate of drug-likeness (QED) is 0.704. The summed E-state index contributed by atoms with van der Waals surface area (Å²) in [6.45, 7) is 0.144. The minimum absolute atomic E-state index is 0.144. The Labute approximate surface area is 67.1 Å². The molecule has 1 N–H and O–H groups in total. The Hall–Kier alpha value is -0.940. The first-order chi connectivity index (χ1) is 5.40. The molecule has 0 aliphatic rings. The highest BCUT2D eigenvalue weighted by Crippen LogP contribution is 2.08. The summed E-state index contributed by atoms with van der Waals surface area (Å²) in [5.41, 5.74) is 2.64. The van der Waals surface area contributed by atoms with Gasteiger partial charge >= 0.3 is 0 Å². The van der Waals surface area contributed by atoms with E-state index in [1.807, 2.05) is 6.20 Å². The average molecular weight is 169 g/mol. The van der Waals surface area contributed by atoms with Crippen LogP contribution in [0, 0.1) is 0 Å². The predicted molar refractivity (Wildman–Crippen MR) is 41.7 cm³/mol. The lowest BCUT2D eigenvalue weighted by Crippen LogP contribution is -1.89. The van der Waals surface area contributed by atoms with E-state index in [0.717, 1.165) is 10.7 Å². The number of aliphatic hydroxyl groups is 1. The number of imidazole rings is 1. The number of fused-ring (bicyclic) bond motifs is 1. The summed E-state index contributed by atoms with van der Waals surface area (Å²) in [7, 11) is 0. The van der Waals surface area contributed by atoms with E-state index in [1.165, 1.54) is 11.3 Å². The molecule has 2 aromatic rings. The van der Waals surface area contributed by atoms with Crippen molar-refractivity contribution in [3.8, 4) is 0 Å². The number of aliphatic hydroxyl groups excluding tert-OH is 1. The van der Waals surface area contributed by atoms with E-state index >= 15 is 0 Å². The van der Waals surface area contributed by atoms with Gasteiger partial charge in [-0.2, -0.15) is 5.10 Å². The molecule has 0 radical (unpaired) electrons. The second-order valence-electron chi connectivity index (χ2n) is 2.17. The third-order valence-electron chi connectivity index (χ3n) is 1.40. The van der Waals surface area contributed by atoms with Crippen molar-refractivity contribution in [3.63, 3.8) is 0 Å². The topological polar surface area (TPSA) is 50.4 Å². The van der Waals surface area contributed by atoms with Gasteiger partial charge in [-0.05, 0) is 0 Å². The van der Waals surface area contributed by atoms with Gasteiger partial charge in [-0.3, -0.25) is 0 Å². The van der Waals surface area contributed by atoms with Crippen molar-refractivity contribution < 1.29 is 5.11 Å². The number of aromatic nitrogens is 3. The fraction of sp³-hybridized carbons (Fsp3) is 0.333. The van der Waals surface area contributed by atoms with Crippen molar-refractivity contribution in [2.75, 3.05) is 6.61 Å². The van der Waals surface area contributed by atoms with Crippen molar-refractivity contribution >= 4 is 16.3 Å². The van der Waals surface area contributed by atoms with Gasteiger partial charge in [0.2, 0.25) is 4.96 Å². The molecule has 0 amide bonds. The second-order valence-corrected chi connectivity index (χ2v) is 2.98. The maximum absolute atomic E-state index is 8.62. The van der Waals surface area contributed by atoms with Crippen LogP contribution in [0.2, 0.25) is 0 Å². The normalized spacial score (nSPS) is 11.0. The molecule has 2 heterocycles. The zero-order chi connectivity index (χ0) is 7.68. The van der Waals surface area contributed by atoms with Crippen LogP contribution in [0.5, 0.6) is 0 Å². The van der Waals surface area contributed by atoms with Gasteiger partial charge in [0.05, 0.1) is 11.9 Å². The molecule has 0 bridgehead atoms. The average Bonchev–Trinajstić information content (AvgIpc) is 2.46. The molecule has 2 aromatic heterocycles. The van der Waals surface area contributed by atoms with Crippen LogP contribution < -0.4 is 0 Å². The van der Waals surface area contributed by atoms with E-state index in [4.69, 9.17) is 5.11 Å². The summed E-state index contributed by atoms with van der Waals surface area (Å²) < 4.78 is 1.72. The minimum atomic E-state index is 0.144. The Kier molecular flexibility index (Phi) is 1.59. The van der Waals surface area contributed by atoms with Crippen LogP contribution in [0.15, 0.2) is 11.7 Å². The van der Waals surface area contributed by atoms with Crippen molar-refractivity contribution in [2.24, 2.45) is 0 Å². The predicted octanol–water partition coefficient (Wildman–Crippen LogP) is 0.326. The molecule has 0 saturated heterocycles. The van der Waals surface area contributed by atoms with Gasteiger partial charge in [-0.15, -0.1) is 0 Å². The highest BCUT2D eigenvalue weighted by Gasteiger charge is 2.01. The Morgan fingerprint density at radius 3 is 3.27 bits per heavy atom. The molecular formula is C6H7N3OS. The Morgan fingerprint density at radius 1 is 1.64 bits per heavy atom. The molecule has 0 aliphatic heterocycles. The smallest absolute Gasteiger partial charge is 0.212 e. The van der Waals surface area contributed by atoms with Crippen LogP contribution in [0.4, 0.5) is 0 Å². The van der Waals surface area contributed by atoms with E-state index in [1.54, 1.807) is 10.0 Å². The highest BCUT2D eigenvalue weighted by molar-refractivity contribution is 7.14. The van der Waals surface area contributed by atoms with Gasteiger partial charge in [0.15, 0.2) is 0 Å². The molecule has 5 heteroatoms. The largest absolute Gasteiger partial charge is 0.396 e. The molecule has 0 saturated carbocycles. The molecule has 11 heavy (non-hydrogen) atoms. The van der Waals surface area contributed by atoms with Gasteiger partial charge in [0.1, 0.15) is 5.51 Å².